The summed E-state index contributed by atoms with van der Waals surface area (Å²) in [6.45, 7) is 6.16. The van der Waals surface area contributed by atoms with E-state index in [2.05, 4.69) is 69.8 Å². The number of nitrogens with one attached hydrogen (secondary N) is 2. The zero-order chi connectivity index (χ0) is 21.3. The predicted molar refractivity (Wildman–Crippen MR) is 121 cm³/mol. The van der Waals surface area contributed by atoms with Crippen LogP contribution in [0.3, 0.4) is 0 Å². The molecule has 2 heterocycles. The number of ether oxygens (including phenoxy) is 1. The molecule has 0 bridgehead atoms. The fourth-order valence-corrected chi connectivity index (χ4v) is 4.89. The van der Waals surface area contributed by atoms with E-state index >= 15 is 0 Å². The second-order valence-corrected chi connectivity index (χ2v) is 9.08. The van der Waals surface area contributed by atoms with Crippen LogP contribution in [0.5, 0.6) is 0 Å². The molecule has 2 aliphatic rings. The molecule has 1 saturated heterocycles. The van der Waals surface area contributed by atoms with E-state index in [1.54, 1.807) is 0 Å². The molecule has 31 heavy (non-hydrogen) atoms. The molecular formula is C25H30N4O2. The molecule has 3 atom stereocenters. The number of carbonyl (C=O) groups excluding carboxylic acids is 1. The van der Waals surface area contributed by atoms with Gasteiger partial charge in [-0.05, 0) is 36.1 Å². The van der Waals surface area contributed by atoms with Gasteiger partial charge in [0.1, 0.15) is 0 Å². The minimum Gasteiger partial charge on any atom is -0.379 e. The number of hydrogen-bond acceptors (Lipinski definition) is 4. The molecule has 5 rings (SSSR count). The lowest BCUT2D eigenvalue weighted by Gasteiger charge is -2.35. The molecule has 6 nitrogen and oxygen atoms in total. The summed E-state index contributed by atoms with van der Waals surface area (Å²) < 4.78 is 5.56. The SMILES string of the molecule is C[C@]1(c2ccccc2)C[C@H]1C(=O)NCC(Cc1ccc2[nH]ncc2c1)N1CCOCC1. The molecule has 6 heteroatoms. The smallest absolute Gasteiger partial charge is 0.224 e. The van der Waals surface area contributed by atoms with Crippen LogP contribution in [-0.2, 0) is 21.4 Å². The minimum atomic E-state index is -0.0356. The lowest BCUT2D eigenvalue weighted by Crippen LogP contribution is -2.50. The van der Waals surface area contributed by atoms with Gasteiger partial charge >= 0.3 is 0 Å². The molecule has 2 N–H and O–H groups in total. The van der Waals surface area contributed by atoms with Gasteiger partial charge in [0, 0.05) is 42.4 Å². The molecule has 1 saturated carbocycles. The van der Waals surface area contributed by atoms with Crippen LogP contribution in [0.15, 0.2) is 54.7 Å². The number of rotatable bonds is 7. The van der Waals surface area contributed by atoms with Crippen LogP contribution in [-0.4, -0.2) is 59.9 Å². The zero-order valence-electron chi connectivity index (χ0n) is 18.0. The van der Waals surface area contributed by atoms with Crippen LogP contribution in [0, 0.1) is 5.92 Å². The van der Waals surface area contributed by atoms with Crippen molar-refractivity contribution >= 4 is 16.8 Å². The Morgan fingerprint density at radius 3 is 2.87 bits per heavy atom. The predicted octanol–water partition coefficient (Wildman–Crippen LogP) is 2.90. The summed E-state index contributed by atoms with van der Waals surface area (Å²) >= 11 is 0. The van der Waals surface area contributed by atoms with Gasteiger partial charge < -0.3 is 10.1 Å². The van der Waals surface area contributed by atoms with Gasteiger partial charge in [0.25, 0.3) is 0 Å². The summed E-state index contributed by atoms with van der Waals surface area (Å²) in [5.74, 6) is 0.234. The van der Waals surface area contributed by atoms with E-state index in [9.17, 15) is 4.79 Å². The summed E-state index contributed by atoms with van der Waals surface area (Å²) in [6, 6.07) is 17.1. The van der Waals surface area contributed by atoms with Gasteiger partial charge in [-0.3, -0.25) is 14.8 Å². The molecule has 162 valence electrons. The van der Waals surface area contributed by atoms with Gasteiger partial charge in [0.15, 0.2) is 0 Å². The molecule has 1 aliphatic carbocycles. The van der Waals surface area contributed by atoms with Crippen molar-refractivity contribution in [2.24, 2.45) is 5.92 Å². The van der Waals surface area contributed by atoms with Gasteiger partial charge in [-0.1, -0.05) is 43.3 Å². The number of morpholine rings is 1. The number of H-pyrrole nitrogens is 1. The number of amides is 1. The third-order valence-electron chi connectivity index (χ3n) is 7.04. The average Bonchev–Trinajstić information content (AvgIpc) is 3.30. The fourth-order valence-electron chi connectivity index (χ4n) is 4.89. The van der Waals surface area contributed by atoms with Crippen molar-refractivity contribution in [2.45, 2.75) is 31.2 Å². The third kappa shape index (κ3) is 4.23. The van der Waals surface area contributed by atoms with E-state index in [4.69, 9.17) is 4.74 Å². The Kier molecular flexibility index (Phi) is 5.50. The molecule has 3 aromatic rings. The highest BCUT2D eigenvalue weighted by atomic mass is 16.5. The van der Waals surface area contributed by atoms with Crippen molar-refractivity contribution in [2.75, 3.05) is 32.8 Å². The van der Waals surface area contributed by atoms with Crippen LogP contribution in [0.1, 0.15) is 24.5 Å². The van der Waals surface area contributed by atoms with E-state index in [0.717, 1.165) is 50.0 Å². The Bertz CT molecular complexity index is 1040. The standard InChI is InChI=1S/C25H30N4O2/c1-25(20-5-3-2-4-6-20)15-22(25)24(30)26-17-21(29-9-11-31-12-10-29)14-18-7-8-23-19(13-18)16-27-28-23/h2-8,13,16,21-22H,9-12,14-15,17H2,1H3,(H,26,30)(H,27,28)/t21?,22-,25+/m0/s1. The van der Waals surface area contributed by atoms with Crippen LogP contribution in [0.4, 0.5) is 0 Å². The Labute approximate surface area is 183 Å². The van der Waals surface area contributed by atoms with Crippen LogP contribution in [0.25, 0.3) is 10.9 Å². The van der Waals surface area contributed by atoms with Crippen LogP contribution >= 0.6 is 0 Å². The lowest BCUT2D eigenvalue weighted by molar-refractivity contribution is -0.123. The maximum absolute atomic E-state index is 13.0. The summed E-state index contributed by atoms with van der Waals surface area (Å²) in [7, 11) is 0. The number of benzene rings is 2. The molecule has 0 spiro atoms. The second-order valence-electron chi connectivity index (χ2n) is 9.08. The highest BCUT2D eigenvalue weighted by Gasteiger charge is 2.55. The first-order chi connectivity index (χ1) is 15.1. The first-order valence-corrected chi connectivity index (χ1v) is 11.2. The maximum atomic E-state index is 13.0. The van der Waals surface area contributed by atoms with Crippen LogP contribution in [0.2, 0.25) is 0 Å². The number of aromatic nitrogens is 2. The minimum absolute atomic E-state index is 0.0356. The van der Waals surface area contributed by atoms with Crippen molar-refractivity contribution in [1.82, 2.24) is 20.4 Å². The quantitative estimate of drug-likeness (QED) is 0.619. The summed E-state index contributed by atoms with van der Waals surface area (Å²) in [4.78, 5) is 15.5. The molecule has 1 unspecified atom stereocenters. The largest absolute Gasteiger partial charge is 0.379 e. The Balaban J connectivity index is 1.25. The van der Waals surface area contributed by atoms with Gasteiger partial charge in [-0.15, -0.1) is 0 Å². The Morgan fingerprint density at radius 2 is 2.06 bits per heavy atom. The highest BCUT2D eigenvalue weighted by molar-refractivity contribution is 5.84. The first kappa shape index (κ1) is 20.2. The van der Waals surface area contributed by atoms with Gasteiger partial charge in [0.2, 0.25) is 5.91 Å². The Morgan fingerprint density at radius 1 is 1.26 bits per heavy atom. The fraction of sp³-hybridized carbons (Fsp3) is 0.440. The summed E-state index contributed by atoms with van der Waals surface area (Å²) in [5.41, 5.74) is 3.54. The van der Waals surface area contributed by atoms with Crippen molar-refractivity contribution < 1.29 is 9.53 Å². The molecule has 2 fully saturated rings. The van der Waals surface area contributed by atoms with Crippen LogP contribution < -0.4 is 5.32 Å². The van der Waals surface area contributed by atoms with Crippen molar-refractivity contribution in [3.05, 3.63) is 65.9 Å². The number of aromatic amines is 1. The topological polar surface area (TPSA) is 70.2 Å². The third-order valence-corrected chi connectivity index (χ3v) is 7.04. The van der Waals surface area contributed by atoms with Gasteiger partial charge in [-0.2, -0.15) is 5.10 Å². The van der Waals surface area contributed by atoms with Gasteiger partial charge in [-0.25, -0.2) is 0 Å². The van der Waals surface area contributed by atoms with Crippen molar-refractivity contribution in [3.63, 3.8) is 0 Å². The molecule has 2 aromatic carbocycles. The van der Waals surface area contributed by atoms with E-state index in [0.29, 0.717) is 6.54 Å². The normalized spacial score (nSPS) is 24.7. The van der Waals surface area contributed by atoms with E-state index in [1.165, 1.54) is 11.1 Å². The molecule has 1 amide bonds. The van der Waals surface area contributed by atoms with Crippen molar-refractivity contribution in [3.8, 4) is 0 Å². The molecule has 0 radical (unpaired) electrons. The molecule has 1 aliphatic heterocycles. The second kappa shape index (κ2) is 8.44. The zero-order valence-corrected chi connectivity index (χ0v) is 18.0. The average molecular weight is 419 g/mol. The monoisotopic (exact) mass is 418 g/mol. The molecule has 1 aromatic heterocycles. The maximum Gasteiger partial charge on any atom is 0.224 e. The number of hydrogen-bond donors (Lipinski definition) is 2. The van der Waals surface area contributed by atoms with Gasteiger partial charge in [0.05, 0.1) is 24.9 Å². The Hall–Kier alpha value is -2.70. The number of carbonyl (C=O) groups is 1. The van der Waals surface area contributed by atoms with E-state index < -0.39 is 0 Å². The highest BCUT2D eigenvalue weighted by Crippen LogP contribution is 2.53. The van der Waals surface area contributed by atoms with E-state index in [-0.39, 0.29) is 23.3 Å². The first-order valence-electron chi connectivity index (χ1n) is 11.2. The summed E-state index contributed by atoms with van der Waals surface area (Å²) in [5, 5.41) is 11.5. The molecular weight excluding hydrogens is 388 g/mol. The lowest BCUT2D eigenvalue weighted by atomic mass is 9.95. The number of fused-ring (bicyclic) bond motifs is 1. The van der Waals surface area contributed by atoms with Crippen molar-refractivity contribution in [1.29, 1.82) is 0 Å². The van der Waals surface area contributed by atoms with E-state index in [1.807, 2.05) is 12.3 Å². The summed E-state index contributed by atoms with van der Waals surface area (Å²) in [6.07, 6.45) is 3.67. The number of nitrogens with zero attached hydrogens (tertiary/aromatic N) is 2.